The van der Waals surface area contributed by atoms with Crippen molar-refractivity contribution in [3.05, 3.63) is 70.5 Å². The number of aromatic nitrogens is 4. The van der Waals surface area contributed by atoms with E-state index in [9.17, 15) is 26.7 Å². The summed E-state index contributed by atoms with van der Waals surface area (Å²) in [4.78, 5) is 22.2. The van der Waals surface area contributed by atoms with Gasteiger partial charge in [-0.05, 0) is 61.7 Å². The maximum atomic E-state index is 13.3. The van der Waals surface area contributed by atoms with E-state index < -0.39 is 24.5 Å². The Bertz CT molecular complexity index is 1470. The fourth-order valence-electron chi connectivity index (χ4n) is 4.30. The van der Waals surface area contributed by atoms with Gasteiger partial charge in [-0.3, -0.25) is 9.13 Å². The monoisotopic (exact) mass is 553 g/mol. The molecule has 0 bridgehead atoms. The van der Waals surface area contributed by atoms with E-state index in [0.29, 0.717) is 18.0 Å². The van der Waals surface area contributed by atoms with Crippen LogP contribution in [0.3, 0.4) is 0 Å². The summed E-state index contributed by atoms with van der Waals surface area (Å²) >= 11 is 0. The number of benzene rings is 2. The predicted octanol–water partition coefficient (Wildman–Crippen LogP) is 4.47. The number of aliphatic carboxylic acids is 1. The zero-order chi connectivity index (χ0) is 28.2. The number of hydrogen-bond donors (Lipinski definition) is 2. The molecule has 4 aromatic rings. The number of piperidine rings is 1. The highest BCUT2D eigenvalue weighted by Gasteiger charge is 2.38. The molecule has 39 heavy (non-hydrogen) atoms. The quantitative estimate of drug-likeness (QED) is 0.339. The number of nitrogens with one attached hydrogen (secondary N) is 1. The minimum Gasteiger partial charge on any atom is -0.475 e. The van der Waals surface area contributed by atoms with E-state index in [4.69, 9.17) is 14.3 Å². The van der Waals surface area contributed by atoms with Crippen LogP contribution in [0.15, 0.2) is 57.7 Å². The molecule has 0 unspecified atom stereocenters. The number of carboxylic acids is 1. The molecule has 1 aliphatic heterocycles. The third kappa shape index (κ3) is 6.69. The van der Waals surface area contributed by atoms with Crippen LogP contribution in [0.2, 0.25) is 0 Å². The van der Waals surface area contributed by atoms with Crippen molar-refractivity contribution in [1.82, 2.24) is 24.6 Å². The second-order valence-electron chi connectivity index (χ2n) is 8.91. The van der Waals surface area contributed by atoms with E-state index >= 15 is 0 Å². The van der Waals surface area contributed by atoms with Crippen LogP contribution in [-0.4, -0.2) is 49.7 Å². The van der Waals surface area contributed by atoms with Gasteiger partial charge in [0.15, 0.2) is 0 Å². The van der Waals surface area contributed by atoms with Gasteiger partial charge >= 0.3 is 24.3 Å². The van der Waals surface area contributed by atoms with E-state index in [1.165, 1.54) is 0 Å². The number of halogens is 5. The number of para-hydroxylation sites is 2. The number of hydrogen-bond acceptors (Lipinski definition) is 6. The Labute approximate surface area is 217 Å². The number of alkyl halides is 5. The first-order chi connectivity index (χ1) is 18.5. The van der Waals surface area contributed by atoms with Gasteiger partial charge in [-0.2, -0.15) is 22.0 Å². The summed E-state index contributed by atoms with van der Waals surface area (Å²) in [6.45, 7) is 3.11. The molecule has 208 valence electrons. The van der Waals surface area contributed by atoms with Gasteiger partial charge in [-0.25, -0.2) is 9.59 Å². The molecule has 0 aliphatic carbocycles. The summed E-state index contributed by atoms with van der Waals surface area (Å²) in [5.41, 5.74) is 3.28. The first kappa shape index (κ1) is 28.0. The van der Waals surface area contributed by atoms with Crippen molar-refractivity contribution in [1.29, 1.82) is 0 Å². The fourth-order valence-corrected chi connectivity index (χ4v) is 4.30. The molecule has 2 aromatic heterocycles. The molecule has 2 aromatic carbocycles. The third-order valence-corrected chi connectivity index (χ3v) is 6.24. The summed E-state index contributed by atoms with van der Waals surface area (Å²) in [6.07, 6.45) is -5.75. The van der Waals surface area contributed by atoms with Crippen molar-refractivity contribution in [3.8, 4) is 11.5 Å². The molecule has 1 fully saturated rings. The molecular formula is C25H24F5N5O4. The summed E-state index contributed by atoms with van der Waals surface area (Å²) in [5, 5.41) is 17.5. The van der Waals surface area contributed by atoms with Gasteiger partial charge in [0.05, 0.1) is 17.6 Å². The highest BCUT2D eigenvalue weighted by molar-refractivity contribution is 5.76. The third-order valence-electron chi connectivity index (χ3n) is 6.24. The predicted molar refractivity (Wildman–Crippen MR) is 129 cm³/mol. The van der Waals surface area contributed by atoms with Gasteiger partial charge in [-0.1, -0.05) is 24.3 Å². The number of carboxylic acid groups (broad SMARTS) is 1. The van der Waals surface area contributed by atoms with Crippen LogP contribution in [0.5, 0.6) is 0 Å². The Morgan fingerprint density at radius 3 is 2.15 bits per heavy atom. The number of nitrogens with zero attached hydrogens (tertiary/aromatic N) is 4. The standard InChI is InChI=1S/C23H23F2N5O2.C2HF3O2/c24-20(25)22-28-27-21(32-22)17-7-5-15(6-8-17)13-29-18-3-1-2-4-19(18)30(23(29)31)14-16-9-11-26-12-10-16;3-2(4,5)1(6)7/h1-8,16,20,26H,9-14H2;(H,6,7). The minimum atomic E-state index is -5.08. The molecule has 0 saturated carbocycles. The molecule has 0 atom stereocenters. The molecule has 0 amide bonds. The lowest BCUT2D eigenvalue weighted by Crippen LogP contribution is -2.33. The Balaban J connectivity index is 0.000000448. The van der Waals surface area contributed by atoms with Crippen molar-refractivity contribution in [2.75, 3.05) is 13.1 Å². The lowest BCUT2D eigenvalue weighted by molar-refractivity contribution is -0.192. The smallest absolute Gasteiger partial charge is 0.475 e. The van der Waals surface area contributed by atoms with Gasteiger partial charge < -0.3 is 14.8 Å². The zero-order valence-corrected chi connectivity index (χ0v) is 20.4. The molecule has 0 radical (unpaired) electrons. The normalized spacial score (nSPS) is 14.4. The van der Waals surface area contributed by atoms with Gasteiger partial charge in [0.1, 0.15) is 0 Å². The Morgan fingerprint density at radius 2 is 1.62 bits per heavy atom. The molecule has 1 saturated heterocycles. The first-order valence-electron chi connectivity index (χ1n) is 11.9. The Kier molecular flexibility index (Phi) is 8.43. The second-order valence-corrected chi connectivity index (χ2v) is 8.91. The van der Waals surface area contributed by atoms with Gasteiger partial charge in [-0.15, -0.1) is 10.2 Å². The molecule has 0 spiro atoms. The molecule has 1 aliphatic rings. The fraction of sp³-hybridized carbons (Fsp3) is 0.360. The number of fused-ring (bicyclic) bond motifs is 1. The first-order valence-corrected chi connectivity index (χ1v) is 11.9. The van der Waals surface area contributed by atoms with Crippen LogP contribution in [0, 0.1) is 5.92 Å². The van der Waals surface area contributed by atoms with Crippen molar-refractivity contribution in [3.63, 3.8) is 0 Å². The Hall–Kier alpha value is -4.07. The van der Waals surface area contributed by atoms with E-state index in [2.05, 4.69) is 15.5 Å². The van der Waals surface area contributed by atoms with Crippen LogP contribution in [0.25, 0.3) is 22.5 Å². The summed E-state index contributed by atoms with van der Waals surface area (Å²) in [7, 11) is 0. The van der Waals surface area contributed by atoms with Crippen molar-refractivity contribution in [2.45, 2.75) is 38.5 Å². The number of imidazole rings is 1. The zero-order valence-electron chi connectivity index (χ0n) is 20.4. The highest BCUT2D eigenvalue weighted by Crippen LogP contribution is 2.24. The van der Waals surface area contributed by atoms with Crippen LogP contribution >= 0.6 is 0 Å². The minimum absolute atomic E-state index is 0.0210. The average molecular weight is 553 g/mol. The van der Waals surface area contributed by atoms with Gasteiger partial charge in [0.25, 0.3) is 5.89 Å². The summed E-state index contributed by atoms with van der Waals surface area (Å²) < 4.78 is 65.8. The summed E-state index contributed by atoms with van der Waals surface area (Å²) in [5.74, 6) is -2.92. The molecule has 3 heterocycles. The molecule has 14 heteroatoms. The molecule has 2 N–H and O–H groups in total. The van der Waals surface area contributed by atoms with Crippen LogP contribution in [0.1, 0.15) is 30.7 Å². The van der Waals surface area contributed by atoms with Crippen LogP contribution < -0.4 is 11.0 Å². The maximum Gasteiger partial charge on any atom is 0.490 e. The molecule has 9 nitrogen and oxygen atoms in total. The maximum absolute atomic E-state index is 13.3. The van der Waals surface area contributed by atoms with Crippen LogP contribution in [-0.2, 0) is 17.9 Å². The number of rotatable bonds is 6. The lowest BCUT2D eigenvalue weighted by atomic mass is 9.98. The van der Waals surface area contributed by atoms with Gasteiger partial charge in [0, 0.05) is 12.1 Å². The van der Waals surface area contributed by atoms with Crippen LogP contribution in [0.4, 0.5) is 22.0 Å². The van der Waals surface area contributed by atoms with Crippen molar-refractivity contribution >= 4 is 17.0 Å². The highest BCUT2D eigenvalue weighted by atomic mass is 19.4. The summed E-state index contributed by atoms with van der Waals surface area (Å²) in [6, 6.07) is 15.0. The van der Waals surface area contributed by atoms with Crippen molar-refractivity contribution < 1.29 is 36.3 Å². The van der Waals surface area contributed by atoms with E-state index in [-0.39, 0.29) is 11.6 Å². The van der Waals surface area contributed by atoms with Gasteiger partial charge in [0.2, 0.25) is 5.89 Å². The van der Waals surface area contributed by atoms with E-state index in [1.54, 1.807) is 16.7 Å². The van der Waals surface area contributed by atoms with E-state index in [0.717, 1.165) is 49.1 Å². The van der Waals surface area contributed by atoms with Crippen molar-refractivity contribution in [2.24, 2.45) is 5.92 Å². The lowest BCUT2D eigenvalue weighted by Gasteiger charge is -2.22. The number of carbonyl (C=O) groups is 1. The topological polar surface area (TPSA) is 115 Å². The van der Waals surface area contributed by atoms with E-state index in [1.807, 2.05) is 41.0 Å². The molecular weight excluding hydrogens is 529 g/mol. The molecule has 5 rings (SSSR count). The average Bonchev–Trinajstić information content (AvgIpc) is 3.50. The largest absolute Gasteiger partial charge is 0.490 e. The second kappa shape index (κ2) is 11.8. The Morgan fingerprint density at radius 1 is 1.03 bits per heavy atom. The SMILES string of the molecule is O=C(O)C(F)(F)F.O=c1n(Cc2ccc(-c3nnc(C(F)F)o3)cc2)c2ccccc2n1CC1CCNCC1.